The van der Waals surface area contributed by atoms with E-state index in [1.165, 1.54) is 36.0 Å². The molecule has 1 atom stereocenters. The van der Waals surface area contributed by atoms with Gasteiger partial charge in [0.15, 0.2) is 0 Å². The molecular weight excluding hydrogens is 230 g/mol. The molecule has 0 bridgehead atoms. The summed E-state index contributed by atoms with van der Waals surface area (Å²) in [6.07, 6.45) is 4.89. The lowest BCUT2D eigenvalue weighted by molar-refractivity contribution is 0.574. The van der Waals surface area contributed by atoms with E-state index in [1.807, 2.05) is 0 Å². The van der Waals surface area contributed by atoms with Crippen molar-refractivity contribution in [1.29, 1.82) is 0 Å². The Labute approximate surface area is 119 Å². The molecule has 0 saturated carbocycles. The number of rotatable bonds is 7. The van der Waals surface area contributed by atoms with Crippen molar-refractivity contribution >= 4 is 0 Å². The molecule has 19 heavy (non-hydrogen) atoms. The summed E-state index contributed by atoms with van der Waals surface area (Å²) >= 11 is 0. The zero-order chi connectivity index (χ0) is 14.4. The van der Waals surface area contributed by atoms with Gasteiger partial charge in [-0.1, -0.05) is 72.1 Å². The fourth-order valence-electron chi connectivity index (χ4n) is 2.56. The van der Waals surface area contributed by atoms with Crippen molar-refractivity contribution < 1.29 is 0 Å². The van der Waals surface area contributed by atoms with Crippen LogP contribution in [0, 0.1) is 0 Å². The van der Waals surface area contributed by atoms with Crippen LogP contribution in [0.1, 0.15) is 94.9 Å². The van der Waals surface area contributed by atoms with E-state index in [4.69, 9.17) is 5.73 Å². The first-order chi connectivity index (χ1) is 8.97. The number of nitrogens with two attached hydrogens (primary N) is 1. The van der Waals surface area contributed by atoms with Crippen molar-refractivity contribution in [2.75, 3.05) is 0 Å². The second-order valence-corrected chi connectivity index (χ2v) is 6.30. The normalized spacial score (nSPS) is 13.3. The summed E-state index contributed by atoms with van der Waals surface area (Å²) in [5, 5.41) is 0. The number of unbranched alkanes of at least 4 members (excludes halogenated alkanes) is 2. The Morgan fingerprint density at radius 3 is 2.16 bits per heavy atom. The van der Waals surface area contributed by atoms with Crippen LogP contribution in [0.2, 0.25) is 0 Å². The Hall–Kier alpha value is -0.820. The minimum atomic E-state index is 0.199. The molecule has 0 spiro atoms. The zero-order valence-corrected chi connectivity index (χ0v) is 13.4. The Balaban J connectivity index is 2.92. The third-order valence-corrected chi connectivity index (χ3v) is 3.92. The fourth-order valence-corrected chi connectivity index (χ4v) is 2.56. The van der Waals surface area contributed by atoms with Gasteiger partial charge in [0.25, 0.3) is 0 Å². The van der Waals surface area contributed by atoms with Crippen molar-refractivity contribution in [3.63, 3.8) is 0 Å². The fraction of sp³-hybridized carbons (Fsp3) is 0.667. The zero-order valence-electron chi connectivity index (χ0n) is 13.4. The molecule has 0 aliphatic carbocycles. The molecule has 1 heteroatoms. The van der Waals surface area contributed by atoms with E-state index >= 15 is 0 Å². The van der Waals surface area contributed by atoms with Crippen LogP contribution in [0.4, 0.5) is 0 Å². The van der Waals surface area contributed by atoms with Gasteiger partial charge in [-0.05, 0) is 34.9 Å². The average Bonchev–Trinajstić information content (AvgIpc) is 2.38. The quantitative estimate of drug-likeness (QED) is 0.643. The van der Waals surface area contributed by atoms with Crippen molar-refractivity contribution in [3.8, 4) is 0 Å². The van der Waals surface area contributed by atoms with Gasteiger partial charge < -0.3 is 5.73 Å². The highest BCUT2D eigenvalue weighted by atomic mass is 14.6. The van der Waals surface area contributed by atoms with Crippen LogP contribution in [0.5, 0.6) is 0 Å². The lowest BCUT2D eigenvalue weighted by atomic mass is 9.87. The highest BCUT2D eigenvalue weighted by molar-refractivity contribution is 5.37. The lowest BCUT2D eigenvalue weighted by Crippen LogP contribution is -2.14. The molecule has 0 aliphatic heterocycles. The first kappa shape index (κ1) is 16.2. The van der Waals surface area contributed by atoms with Gasteiger partial charge in [-0.2, -0.15) is 0 Å². The lowest BCUT2D eigenvalue weighted by Gasteiger charge is -2.21. The number of hydrogen-bond acceptors (Lipinski definition) is 1. The first-order valence-corrected chi connectivity index (χ1v) is 7.86. The van der Waals surface area contributed by atoms with Gasteiger partial charge in [-0.25, -0.2) is 0 Å². The Bertz CT molecular complexity index is 379. The molecule has 0 aromatic heterocycles. The van der Waals surface area contributed by atoms with Gasteiger partial charge >= 0.3 is 0 Å². The summed E-state index contributed by atoms with van der Waals surface area (Å²) in [6, 6.07) is 7.09. The molecular formula is C18H31N. The van der Waals surface area contributed by atoms with Crippen LogP contribution in [-0.2, 0) is 0 Å². The molecule has 0 fully saturated rings. The summed E-state index contributed by atoms with van der Waals surface area (Å²) in [6.45, 7) is 11.3. The predicted octanol–water partition coefficient (Wildman–Crippen LogP) is 5.51. The number of hydrogen-bond donors (Lipinski definition) is 1. The second-order valence-electron chi connectivity index (χ2n) is 6.30. The number of benzene rings is 1. The third-order valence-electron chi connectivity index (χ3n) is 3.92. The van der Waals surface area contributed by atoms with E-state index in [0.29, 0.717) is 11.8 Å². The standard InChI is InChI=1S/C18H31N/c1-6-7-8-9-18(19)16-11-10-15(13(2)3)12-17(16)14(4)5/h10-14,18H,6-9,19H2,1-5H3. The van der Waals surface area contributed by atoms with Gasteiger partial charge in [0, 0.05) is 6.04 Å². The van der Waals surface area contributed by atoms with Crippen molar-refractivity contribution in [1.82, 2.24) is 0 Å². The summed E-state index contributed by atoms with van der Waals surface area (Å²) < 4.78 is 0. The maximum atomic E-state index is 6.40. The summed E-state index contributed by atoms with van der Waals surface area (Å²) in [5.74, 6) is 1.13. The minimum Gasteiger partial charge on any atom is -0.324 e. The highest BCUT2D eigenvalue weighted by Gasteiger charge is 2.14. The van der Waals surface area contributed by atoms with Crippen LogP contribution in [0.3, 0.4) is 0 Å². The molecule has 2 N–H and O–H groups in total. The van der Waals surface area contributed by atoms with E-state index in [1.54, 1.807) is 0 Å². The van der Waals surface area contributed by atoms with E-state index in [9.17, 15) is 0 Å². The molecule has 1 aromatic carbocycles. The summed E-state index contributed by atoms with van der Waals surface area (Å²) in [5.41, 5.74) is 10.6. The second kappa shape index (κ2) is 7.69. The molecule has 1 unspecified atom stereocenters. The minimum absolute atomic E-state index is 0.199. The molecule has 0 amide bonds. The van der Waals surface area contributed by atoms with Crippen LogP contribution in [0.25, 0.3) is 0 Å². The van der Waals surface area contributed by atoms with Crippen molar-refractivity contribution in [2.45, 2.75) is 78.2 Å². The summed E-state index contributed by atoms with van der Waals surface area (Å²) in [7, 11) is 0. The van der Waals surface area contributed by atoms with Crippen LogP contribution in [-0.4, -0.2) is 0 Å². The predicted molar refractivity (Wildman–Crippen MR) is 85.7 cm³/mol. The molecule has 0 heterocycles. The Morgan fingerprint density at radius 1 is 0.947 bits per heavy atom. The van der Waals surface area contributed by atoms with Gasteiger partial charge in [0.2, 0.25) is 0 Å². The molecule has 0 aliphatic rings. The maximum Gasteiger partial charge on any atom is 0.0297 e. The van der Waals surface area contributed by atoms with E-state index in [2.05, 4.69) is 52.8 Å². The van der Waals surface area contributed by atoms with E-state index in [-0.39, 0.29) is 6.04 Å². The molecule has 1 rings (SSSR count). The SMILES string of the molecule is CCCCCC(N)c1ccc(C(C)C)cc1C(C)C. The van der Waals surface area contributed by atoms with Crippen molar-refractivity contribution in [2.24, 2.45) is 5.73 Å². The Morgan fingerprint density at radius 2 is 1.63 bits per heavy atom. The van der Waals surface area contributed by atoms with E-state index < -0.39 is 0 Å². The van der Waals surface area contributed by atoms with Crippen molar-refractivity contribution in [3.05, 3.63) is 34.9 Å². The molecule has 1 nitrogen and oxygen atoms in total. The molecule has 108 valence electrons. The van der Waals surface area contributed by atoms with Gasteiger partial charge in [-0.15, -0.1) is 0 Å². The van der Waals surface area contributed by atoms with Crippen LogP contribution in [0.15, 0.2) is 18.2 Å². The Kier molecular flexibility index (Phi) is 6.57. The van der Waals surface area contributed by atoms with Crippen LogP contribution >= 0.6 is 0 Å². The average molecular weight is 261 g/mol. The monoisotopic (exact) mass is 261 g/mol. The first-order valence-electron chi connectivity index (χ1n) is 7.86. The summed E-state index contributed by atoms with van der Waals surface area (Å²) in [4.78, 5) is 0. The largest absolute Gasteiger partial charge is 0.324 e. The smallest absolute Gasteiger partial charge is 0.0297 e. The van der Waals surface area contributed by atoms with E-state index in [0.717, 1.165) is 6.42 Å². The van der Waals surface area contributed by atoms with Gasteiger partial charge in [0.05, 0.1) is 0 Å². The van der Waals surface area contributed by atoms with Gasteiger partial charge in [0.1, 0.15) is 0 Å². The molecule has 1 aromatic rings. The topological polar surface area (TPSA) is 26.0 Å². The van der Waals surface area contributed by atoms with Gasteiger partial charge in [-0.3, -0.25) is 0 Å². The molecule has 0 saturated heterocycles. The highest BCUT2D eigenvalue weighted by Crippen LogP contribution is 2.29. The third kappa shape index (κ3) is 4.65. The maximum absolute atomic E-state index is 6.40. The molecule has 0 radical (unpaired) electrons. The van der Waals surface area contributed by atoms with Crippen LogP contribution < -0.4 is 5.73 Å².